The average Bonchev–Trinajstić information content (AvgIpc) is 3.16. The highest BCUT2D eigenvalue weighted by atomic mass is 32.2. The lowest BCUT2D eigenvalue weighted by Crippen LogP contribution is -2.02. The topological polar surface area (TPSA) is 58.4 Å². The minimum Gasteiger partial charge on any atom is -0.497 e. The van der Waals surface area contributed by atoms with Crippen molar-refractivity contribution in [1.82, 2.24) is 14.8 Å². The van der Waals surface area contributed by atoms with Crippen LogP contribution in [0.15, 0.2) is 53.7 Å². The summed E-state index contributed by atoms with van der Waals surface area (Å²) in [5.74, 6) is 3.19. The van der Waals surface area contributed by atoms with Gasteiger partial charge in [0.1, 0.15) is 11.5 Å². The van der Waals surface area contributed by atoms with Crippen LogP contribution < -0.4 is 9.47 Å². The molecule has 0 spiro atoms. The first-order chi connectivity index (χ1) is 13.8. The molecule has 6 nitrogen and oxygen atoms in total. The van der Waals surface area contributed by atoms with Crippen molar-refractivity contribution < 1.29 is 14.2 Å². The van der Waals surface area contributed by atoms with Crippen LogP contribution in [0.25, 0.3) is 17.1 Å². The van der Waals surface area contributed by atoms with Gasteiger partial charge in [-0.2, -0.15) is 0 Å². The van der Waals surface area contributed by atoms with Crippen molar-refractivity contribution in [2.24, 2.45) is 0 Å². The second-order valence-corrected chi connectivity index (χ2v) is 6.91. The molecule has 2 aromatic carbocycles. The summed E-state index contributed by atoms with van der Waals surface area (Å²) in [5, 5.41) is 9.71. The maximum Gasteiger partial charge on any atom is 0.196 e. The van der Waals surface area contributed by atoms with Gasteiger partial charge in [-0.1, -0.05) is 23.9 Å². The molecule has 0 saturated heterocycles. The van der Waals surface area contributed by atoms with Crippen LogP contribution in [0.3, 0.4) is 0 Å². The summed E-state index contributed by atoms with van der Waals surface area (Å²) in [4.78, 5) is 0. The lowest BCUT2D eigenvalue weighted by Gasteiger charge is -2.12. The fourth-order valence-electron chi connectivity index (χ4n) is 2.74. The molecule has 0 aliphatic rings. The van der Waals surface area contributed by atoms with Gasteiger partial charge in [-0.05, 0) is 50.2 Å². The smallest absolute Gasteiger partial charge is 0.196 e. The lowest BCUT2D eigenvalue weighted by molar-refractivity contribution is 0.164. The van der Waals surface area contributed by atoms with Crippen LogP contribution in [-0.4, -0.2) is 47.4 Å². The third-order valence-corrected chi connectivity index (χ3v) is 4.92. The van der Waals surface area contributed by atoms with E-state index in [2.05, 4.69) is 14.8 Å². The first-order valence-electron chi connectivity index (χ1n) is 9.30. The third kappa shape index (κ3) is 4.85. The summed E-state index contributed by atoms with van der Waals surface area (Å²) in [6, 6.07) is 15.8. The molecule has 0 aliphatic heterocycles. The molecule has 0 radical (unpaired) electrons. The van der Waals surface area contributed by atoms with E-state index in [1.54, 1.807) is 18.9 Å². The van der Waals surface area contributed by atoms with Crippen molar-refractivity contribution in [3.63, 3.8) is 0 Å². The number of thioether (sulfide) groups is 1. The van der Waals surface area contributed by atoms with E-state index >= 15 is 0 Å². The zero-order chi connectivity index (χ0) is 19.8. The normalized spacial score (nSPS) is 10.8. The van der Waals surface area contributed by atoms with E-state index in [1.807, 2.05) is 62.4 Å². The van der Waals surface area contributed by atoms with Crippen LogP contribution in [0.1, 0.15) is 13.8 Å². The first kappa shape index (κ1) is 20.2. The molecule has 3 aromatic rings. The van der Waals surface area contributed by atoms with Crippen molar-refractivity contribution in [3.05, 3.63) is 48.5 Å². The predicted octanol–water partition coefficient (Wildman–Crippen LogP) is 4.47. The van der Waals surface area contributed by atoms with Crippen LogP contribution in [0.4, 0.5) is 0 Å². The van der Waals surface area contributed by atoms with Gasteiger partial charge in [0.15, 0.2) is 11.0 Å². The summed E-state index contributed by atoms with van der Waals surface area (Å²) < 4.78 is 18.4. The van der Waals surface area contributed by atoms with E-state index in [0.29, 0.717) is 19.8 Å². The molecular weight excluding hydrogens is 374 g/mol. The molecule has 0 bridgehead atoms. The Morgan fingerprint density at radius 2 is 1.79 bits per heavy atom. The second-order valence-electron chi connectivity index (χ2n) is 5.85. The van der Waals surface area contributed by atoms with E-state index in [-0.39, 0.29) is 0 Å². The largest absolute Gasteiger partial charge is 0.497 e. The molecule has 0 fully saturated rings. The van der Waals surface area contributed by atoms with Crippen molar-refractivity contribution in [2.45, 2.75) is 19.0 Å². The number of hydrogen-bond acceptors (Lipinski definition) is 6. The van der Waals surface area contributed by atoms with Crippen molar-refractivity contribution in [2.75, 3.05) is 32.7 Å². The SMILES string of the molecule is CCOCCSc1nnc(-c2cccc(OC)c2)n1-c1ccc(OCC)cc1. The fourth-order valence-corrected chi connectivity index (χ4v) is 3.54. The maximum absolute atomic E-state index is 5.57. The van der Waals surface area contributed by atoms with E-state index in [9.17, 15) is 0 Å². The van der Waals surface area contributed by atoms with Gasteiger partial charge in [0.05, 0.1) is 20.3 Å². The van der Waals surface area contributed by atoms with E-state index in [0.717, 1.165) is 39.5 Å². The van der Waals surface area contributed by atoms with Crippen LogP contribution in [-0.2, 0) is 4.74 Å². The van der Waals surface area contributed by atoms with E-state index < -0.39 is 0 Å². The Kier molecular flexibility index (Phi) is 7.33. The standard InChI is InChI=1S/C21H25N3O3S/c1-4-26-13-14-28-21-23-22-20(16-7-6-8-19(15-16)25-3)24(21)17-9-11-18(12-10-17)27-5-2/h6-12,15H,4-5,13-14H2,1-3H3. The molecule has 3 rings (SSSR count). The minimum absolute atomic E-state index is 0.638. The lowest BCUT2D eigenvalue weighted by atomic mass is 10.2. The van der Waals surface area contributed by atoms with Gasteiger partial charge >= 0.3 is 0 Å². The molecule has 148 valence electrons. The number of methoxy groups -OCH3 is 1. The number of rotatable bonds is 10. The highest BCUT2D eigenvalue weighted by Crippen LogP contribution is 2.30. The van der Waals surface area contributed by atoms with Crippen LogP contribution in [0.2, 0.25) is 0 Å². The Morgan fingerprint density at radius 3 is 2.50 bits per heavy atom. The molecule has 7 heteroatoms. The minimum atomic E-state index is 0.638. The van der Waals surface area contributed by atoms with Crippen LogP contribution >= 0.6 is 11.8 Å². The molecule has 0 aliphatic carbocycles. The molecule has 0 amide bonds. The maximum atomic E-state index is 5.57. The van der Waals surface area contributed by atoms with Crippen molar-refractivity contribution >= 4 is 11.8 Å². The van der Waals surface area contributed by atoms with Gasteiger partial charge < -0.3 is 14.2 Å². The van der Waals surface area contributed by atoms with Gasteiger partial charge in [0.2, 0.25) is 0 Å². The van der Waals surface area contributed by atoms with Gasteiger partial charge in [0, 0.05) is 23.6 Å². The predicted molar refractivity (Wildman–Crippen MR) is 112 cm³/mol. The van der Waals surface area contributed by atoms with Gasteiger partial charge in [-0.15, -0.1) is 10.2 Å². The Balaban J connectivity index is 1.98. The Bertz CT molecular complexity index is 881. The zero-order valence-corrected chi connectivity index (χ0v) is 17.2. The van der Waals surface area contributed by atoms with Crippen LogP contribution in [0, 0.1) is 0 Å². The Labute approximate surface area is 169 Å². The molecule has 1 heterocycles. The first-order valence-corrected chi connectivity index (χ1v) is 10.3. The quantitative estimate of drug-likeness (QED) is 0.370. The highest BCUT2D eigenvalue weighted by Gasteiger charge is 2.16. The monoisotopic (exact) mass is 399 g/mol. The van der Waals surface area contributed by atoms with Gasteiger partial charge in [-0.3, -0.25) is 4.57 Å². The average molecular weight is 400 g/mol. The summed E-state index contributed by atoms with van der Waals surface area (Å²) in [6.45, 7) is 5.99. The van der Waals surface area contributed by atoms with E-state index in [4.69, 9.17) is 14.2 Å². The molecule has 1 aromatic heterocycles. The summed E-state index contributed by atoms with van der Waals surface area (Å²) in [6.07, 6.45) is 0. The van der Waals surface area contributed by atoms with E-state index in [1.165, 1.54) is 0 Å². The second kappa shape index (κ2) is 10.1. The number of hydrogen-bond donors (Lipinski definition) is 0. The van der Waals surface area contributed by atoms with Crippen molar-refractivity contribution in [3.8, 4) is 28.6 Å². The van der Waals surface area contributed by atoms with Crippen molar-refractivity contribution in [1.29, 1.82) is 0 Å². The number of ether oxygens (including phenoxy) is 3. The summed E-state index contributed by atoms with van der Waals surface area (Å²) in [7, 11) is 1.66. The molecular formula is C21H25N3O3S. The third-order valence-electron chi connectivity index (χ3n) is 4.03. The fraction of sp³-hybridized carbons (Fsp3) is 0.333. The Morgan fingerprint density at radius 1 is 0.964 bits per heavy atom. The number of benzene rings is 2. The summed E-state index contributed by atoms with van der Waals surface area (Å²) >= 11 is 1.62. The molecule has 0 unspecified atom stereocenters. The number of nitrogens with zero attached hydrogens (tertiary/aromatic N) is 3. The Hall–Kier alpha value is -2.51. The number of aromatic nitrogens is 3. The van der Waals surface area contributed by atoms with Crippen LogP contribution in [0.5, 0.6) is 11.5 Å². The highest BCUT2D eigenvalue weighted by molar-refractivity contribution is 7.99. The molecule has 0 atom stereocenters. The molecule has 0 saturated carbocycles. The molecule has 0 N–H and O–H groups in total. The summed E-state index contributed by atoms with van der Waals surface area (Å²) in [5.41, 5.74) is 1.92. The van der Waals surface area contributed by atoms with Gasteiger partial charge in [0.25, 0.3) is 0 Å². The zero-order valence-electron chi connectivity index (χ0n) is 16.4. The van der Waals surface area contributed by atoms with Gasteiger partial charge in [-0.25, -0.2) is 0 Å². The molecule has 28 heavy (non-hydrogen) atoms.